The molecule has 186 valence electrons. The molecule has 0 radical (unpaired) electrons. The van der Waals surface area contributed by atoms with Crippen molar-refractivity contribution in [1.29, 1.82) is 0 Å². The molecule has 2 heterocycles. The number of benzene rings is 3. The van der Waals surface area contributed by atoms with Crippen LogP contribution in [0.1, 0.15) is 24.5 Å². The molecule has 3 aromatic carbocycles. The minimum atomic E-state index is -0.322. The second-order valence-electron chi connectivity index (χ2n) is 8.83. The number of anilines is 2. The van der Waals surface area contributed by atoms with Gasteiger partial charge in [0.1, 0.15) is 12.1 Å². The molecule has 0 aliphatic heterocycles. The van der Waals surface area contributed by atoms with Crippen LogP contribution in [0.2, 0.25) is 0 Å². The number of amides is 1. The van der Waals surface area contributed by atoms with E-state index in [2.05, 4.69) is 46.5 Å². The number of fused-ring (bicyclic) bond motifs is 1. The molecule has 0 atom stereocenters. The van der Waals surface area contributed by atoms with Gasteiger partial charge in [-0.2, -0.15) is 0 Å². The molecule has 37 heavy (non-hydrogen) atoms. The smallest absolute Gasteiger partial charge is 0.399 e. The Kier molecular flexibility index (Phi) is 7.42. The zero-order chi connectivity index (χ0) is 25.6. The largest absolute Gasteiger partial charge is 0.416 e. The lowest BCUT2D eigenvalue weighted by atomic mass is 10.0. The van der Waals surface area contributed by atoms with Gasteiger partial charge in [0.25, 0.3) is 0 Å². The van der Waals surface area contributed by atoms with E-state index in [1.54, 1.807) is 11.2 Å². The number of thiophene rings is 1. The molecule has 5 aromatic rings. The summed E-state index contributed by atoms with van der Waals surface area (Å²) in [4.78, 5) is 23.6. The lowest BCUT2D eigenvalue weighted by molar-refractivity contribution is 0.150. The van der Waals surface area contributed by atoms with E-state index in [-0.39, 0.29) is 6.09 Å². The molecule has 5 rings (SSSR count). The summed E-state index contributed by atoms with van der Waals surface area (Å²) in [6.45, 7) is 5.10. The van der Waals surface area contributed by atoms with Gasteiger partial charge in [0.2, 0.25) is 0 Å². The first-order chi connectivity index (χ1) is 18.1. The normalized spacial score (nSPS) is 10.9. The molecule has 0 aliphatic carbocycles. The fourth-order valence-electron chi connectivity index (χ4n) is 4.18. The number of hydrogen-bond donors (Lipinski definition) is 1. The summed E-state index contributed by atoms with van der Waals surface area (Å²) >= 11 is 1.44. The number of para-hydroxylation sites is 1. The fraction of sp³-hybridized carbons (Fsp3) is 0.167. The van der Waals surface area contributed by atoms with Crippen LogP contribution in [0.3, 0.4) is 0 Å². The Morgan fingerprint density at radius 1 is 0.973 bits per heavy atom. The first kappa shape index (κ1) is 24.5. The van der Waals surface area contributed by atoms with E-state index in [4.69, 9.17) is 4.74 Å². The molecule has 2 aromatic heterocycles. The van der Waals surface area contributed by atoms with Crippen molar-refractivity contribution in [3.05, 3.63) is 102 Å². The zero-order valence-electron chi connectivity index (χ0n) is 20.8. The van der Waals surface area contributed by atoms with Crippen molar-refractivity contribution in [2.24, 2.45) is 0 Å². The van der Waals surface area contributed by atoms with Gasteiger partial charge in [-0.3, -0.25) is 0 Å². The maximum absolute atomic E-state index is 12.9. The fourth-order valence-corrected chi connectivity index (χ4v) is 4.94. The standard InChI is InChI=1S/C30H28N4O2S/c1-3-15-34(30(35)36-29-21(2)14-16-37-29)19-22-8-7-9-23(17-22)24-12-13-27-26(18-24)28(32-20-31-27)33-25-10-5-4-6-11-25/h4-14,16-18,20H,3,15,19H2,1-2H3,(H,31,32,33). The van der Waals surface area contributed by atoms with Crippen LogP contribution in [0.4, 0.5) is 16.3 Å². The highest BCUT2D eigenvalue weighted by atomic mass is 32.1. The minimum Gasteiger partial charge on any atom is -0.399 e. The molecule has 1 N–H and O–H groups in total. The van der Waals surface area contributed by atoms with Crippen LogP contribution in [-0.2, 0) is 6.54 Å². The van der Waals surface area contributed by atoms with E-state index in [9.17, 15) is 4.79 Å². The summed E-state index contributed by atoms with van der Waals surface area (Å²) in [6, 6.07) is 26.4. The molecule has 0 saturated heterocycles. The van der Waals surface area contributed by atoms with Crippen LogP contribution in [0.15, 0.2) is 90.6 Å². The zero-order valence-corrected chi connectivity index (χ0v) is 21.7. The predicted molar refractivity (Wildman–Crippen MR) is 150 cm³/mol. The van der Waals surface area contributed by atoms with Crippen molar-refractivity contribution < 1.29 is 9.53 Å². The second-order valence-corrected chi connectivity index (χ2v) is 9.70. The van der Waals surface area contributed by atoms with E-state index >= 15 is 0 Å². The van der Waals surface area contributed by atoms with E-state index in [0.717, 1.165) is 51.1 Å². The molecule has 0 bridgehead atoms. The van der Waals surface area contributed by atoms with E-state index in [1.807, 2.05) is 66.9 Å². The van der Waals surface area contributed by atoms with Crippen LogP contribution in [0, 0.1) is 6.92 Å². The number of rotatable bonds is 8. The number of hydrogen-bond acceptors (Lipinski definition) is 6. The third-order valence-corrected chi connectivity index (χ3v) is 6.94. The van der Waals surface area contributed by atoms with Crippen molar-refractivity contribution in [1.82, 2.24) is 14.9 Å². The lowest BCUT2D eigenvalue weighted by Gasteiger charge is -2.21. The van der Waals surface area contributed by atoms with Gasteiger partial charge in [-0.05, 0) is 71.8 Å². The summed E-state index contributed by atoms with van der Waals surface area (Å²) in [7, 11) is 0. The maximum atomic E-state index is 12.9. The molecule has 0 spiro atoms. The minimum absolute atomic E-state index is 0.322. The summed E-state index contributed by atoms with van der Waals surface area (Å²) in [6.07, 6.45) is 2.10. The van der Waals surface area contributed by atoms with Crippen molar-refractivity contribution >= 4 is 39.8 Å². The van der Waals surface area contributed by atoms with E-state index < -0.39 is 0 Å². The first-order valence-electron chi connectivity index (χ1n) is 12.3. The molecule has 0 aliphatic rings. The average Bonchev–Trinajstić information content (AvgIpc) is 3.33. The van der Waals surface area contributed by atoms with Crippen LogP contribution in [0.5, 0.6) is 5.06 Å². The molecule has 6 nitrogen and oxygen atoms in total. The van der Waals surface area contributed by atoms with Crippen molar-refractivity contribution in [3.63, 3.8) is 0 Å². The third kappa shape index (κ3) is 5.78. The number of aryl methyl sites for hydroxylation is 1. The number of carbonyl (C=O) groups excluding carboxylic acids is 1. The molecular weight excluding hydrogens is 480 g/mol. The Labute approximate surface area is 220 Å². The van der Waals surface area contributed by atoms with Crippen LogP contribution in [-0.4, -0.2) is 27.5 Å². The first-order valence-corrected chi connectivity index (χ1v) is 13.2. The van der Waals surface area contributed by atoms with Gasteiger partial charge >= 0.3 is 6.09 Å². The molecular formula is C30H28N4O2S. The molecule has 7 heteroatoms. The monoisotopic (exact) mass is 508 g/mol. The average molecular weight is 509 g/mol. The Balaban J connectivity index is 1.40. The Hall–Kier alpha value is -4.23. The van der Waals surface area contributed by atoms with Crippen LogP contribution < -0.4 is 10.1 Å². The van der Waals surface area contributed by atoms with Gasteiger partial charge in [-0.15, -0.1) is 11.3 Å². The summed E-state index contributed by atoms with van der Waals surface area (Å²) in [5.74, 6) is 0.759. The number of nitrogens with one attached hydrogen (secondary N) is 1. The highest BCUT2D eigenvalue weighted by Gasteiger charge is 2.18. The number of aromatic nitrogens is 2. The van der Waals surface area contributed by atoms with Crippen LogP contribution in [0.25, 0.3) is 22.0 Å². The highest BCUT2D eigenvalue weighted by molar-refractivity contribution is 7.12. The van der Waals surface area contributed by atoms with Crippen molar-refractivity contribution in [2.45, 2.75) is 26.8 Å². The summed E-state index contributed by atoms with van der Waals surface area (Å²) in [5.41, 5.74) is 5.97. The SMILES string of the molecule is CCCN(Cc1cccc(-c2ccc3ncnc(Nc4ccccc4)c3c2)c1)C(=O)Oc1sccc1C. The summed E-state index contributed by atoms with van der Waals surface area (Å²) in [5, 5.41) is 6.93. The van der Waals surface area contributed by atoms with Gasteiger partial charge in [-0.1, -0.05) is 49.4 Å². The third-order valence-electron chi connectivity index (χ3n) is 6.05. The Morgan fingerprint density at radius 2 is 1.81 bits per heavy atom. The van der Waals surface area contributed by atoms with Gasteiger partial charge in [0.05, 0.1) is 5.52 Å². The van der Waals surface area contributed by atoms with Gasteiger partial charge in [0, 0.05) is 29.7 Å². The van der Waals surface area contributed by atoms with E-state index in [1.165, 1.54) is 11.3 Å². The Morgan fingerprint density at radius 3 is 2.59 bits per heavy atom. The molecule has 1 amide bonds. The summed E-state index contributed by atoms with van der Waals surface area (Å²) < 4.78 is 5.68. The van der Waals surface area contributed by atoms with Gasteiger partial charge < -0.3 is 15.0 Å². The van der Waals surface area contributed by atoms with Gasteiger partial charge in [0.15, 0.2) is 5.06 Å². The Bertz CT molecular complexity index is 1520. The topological polar surface area (TPSA) is 67.4 Å². The number of carbonyl (C=O) groups is 1. The maximum Gasteiger partial charge on any atom is 0.416 e. The lowest BCUT2D eigenvalue weighted by Crippen LogP contribution is -2.33. The molecule has 0 saturated carbocycles. The molecule has 0 fully saturated rings. The number of nitrogens with zero attached hydrogens (tertiary/aromatic N) is 3. The quantitative estimate of drug-likeness (QED) is 0.231. The predicted octanol–water partition coefficient (Wildman–Crippen LogP) is 7.82. The second kappa shape index (κ2) is 11.2. The number of ether oxygens (including phenoxy) is 1. The molecule has 0 unspecified atom stereocenters. The highest BCUT2D eigenvalue weighted by Crippen LogP contribution is 2.30. The van der Waals surface area contributed by atoms with Crippen molar-refractivity contribution in [2.75, 3.05) is 11.9 Å². The van der Waals surface area contributed by atoms with Crippen molar-refractivity contribution in [3.8, 4) is 16.2 Å². The van der Waals surface area contributed by atoms with Crippen LogP contribution >= 0.6 is 11.3 Å². The van der Waals surface area contributed by atoms with Gasteiger partial charge in [-0.25, -0.2) is 14.8 Å². The van der Waals surface area contributed by atoms with E-state index in [0.29, 0.717) is 18.2 Å².